The molecule has 0 radical (unpaired) electrons. The van der Waals surface area contributed by atoms with Gasteiger partial charge in [0.25, 0.3) is 0 Å². The van der Waals surface area contributed by atoms with Crippen LogP contribution in [0.5, 0.6) is 0 Å². The molecule has 0 saturated heterocycles. The van der Waals surface area contributed by atoms with Crippen molar-refractivity contribution in [3.8, 4) is 6.07 Å². The minimum atomic E-state index is -4.91. The van der Waals surface area contributed by atoms with E-state index in [1.165, 1.54) is 16.8 Å². The molecule has 0 fully saturated rings. The maximum absolute atomic E-state index is 13.2. The van der Waals surface area contributed by atoms with Gasteiger partial charge in [-0.15, -0.1) is 0 Å². The van der Waals surface area contributed by atoms with Gasteiger partial charge in [0.2, 0.25) is 0 Å². The maximum atomic E-state index is 13.2. The highest BCUT2D eigenvalue weighted by atomic mass is 19.4. The van der Waals surface area contributed by atoms with Gasteiger partial charge in [-0.3, -0.25) is 0 Å². The summed E-state index contributed by atoms with van der Waals surface area (Å²) < 4.78 is 85.3. The van der Waals surface area contributed by atoms with E-state index in [4.69, 9.17) is 0 Å². The van der Waals surface area contributed by atoms with Crippen molar-refractivity contribution in [3.05, 3.63) is 64.9 Å². The number of hydrogen-bond acceptors (Lipinski definition) is 3. The van der Waals surface area contributed by atoms with Gasteiger partial charge in [-0.1, -0.05) is 24.3 Å². The minimum absolute atomic E-state index is 0.0492. The van der Waals surface area contributed by atoms with E-state index in [0.717, 1.165) is 13.2 Å². The maximum Gasteiger partial charge on any atom is 0.416 e. The summed E-state index contributed by atoms with van der Waals surface area (Å²) in [6.45, 7) is -0.228. The third-order valence-electron chi connectivity index (χ3n) is 4.99. The summed E-state index contributed by atoms with van der Waals surface area (Å²) in [7, 11) is 1.11. The van der Waals surface area contributed by atoms with Crippen LogP contribution in [0.1, 0.15) is 12.0 Å². The van der Waals surface area contributed by atoms with Crippen molar-refractivity contribution in [3.63, 3.8) is 0 Å². The van der Waals surface area contributed by atoms with Crippen LogP contribution in [0.15, 0.2) is 59.3 Å². The third kappa shape index (κ3) is 4.88. The summed E-state index contributed by atoms with van der Waals surface area (Å²) in [5.41, 5.74) is -0.764. The molecular formula is C22H16F6N2O2. The van der Waals surface area contributed by atoms with Gasteiger partial charge in [0.15, 0.2) is 0 Å². The van der Waals surface area contributed by atoms with E-state index in [2.05, 4.69) is 4.74 Å². The number of para-hydroxylation sites is 1. The molecule has 0 bridgehead atoms. The number of allylic oxidation sites excluding steroid dienone is 4. The van der Waals surface area contributed by atoms with E-state index in [-0.39, 0.29) is 23.8 Å². The molecule has 1 heterocycles. The fourth-order valence-corrected chi connectivity index (χ4v) is 3.52. The van der Waals surface area contributed by atoms with Crippen molar-refractivity contribution in [2.75, 3.05) is 7.11 Å². The summed E-state index contributed by atoms with van der Waals surface area (Å²) in [4.78, 5) is 11.7. The fraction of sp³-hybridized carbons (Fsp3) is 0.273. The third-order valence-corrected chi connectivity index (χ3v) is 4.99. The lowest BCUT2D eigenvalue weighted by Gasteiger charge is -2.25. The van der Waals surface area contributed by atoms with Crippen LogP contribution < -0.4 is 0 Å². The summed E-state index contributed by atoms with van der Waals surface area (Å²) in [5.74, 6) is -3.11. The van der Waals surface area contributed by atoms with Gasteiger partial charge in [-0.25, -0.2) is 4.79 Å². The van der Waals surface area contributed by atoms with Crippen LogP contribution in [0.3, 0.4) is 0 Å². The van der Waals surface area contributed by atoms with Crippen molar-refractivity contribution < 1.29 is 35.9 Å². The number of ether oxygens (including phenoxy) is 1. The predicted octanol–water partition coefficient (Wildman–Crippen LogP) is 5.72. The highest BCUT2D eigenvalue weighted by Crippen LogP contribution is 2.41. The summed E-state index contributed by atoms with van der Waals surface area (Å²) in [6, 6.07) is 8.35. The quantitative estimate of drug-likeness (QED) is 0.257. The number of hydrogen-bond donors (Lipinski definition) is 0. The molecule has 1 aliphatic carbocycles. The molecule has 4 nitrogen and oxygen atoms in total. The largest absolute Gasteiger partial charge is 0.465 e. The first-order valence-electron chi connectivity index (χ1n) is 9.27. The van der Waals surface area contributed by atoms with Gasteiger partial charge >= 0.3 is 18.3 Å². The topological polar surface area (TPSA) is 55.0 Å². The first-order valence-corrected chi connectivity index (χ1v) is 9.27. The van der Waals surface area contributed by atoms with Crippen molar-refractivity contribution >= 4 is 22.9 Å². The molecule has 0 amide bonds. The molecule has 10 heteroatoms. The van der Waals surface area contributed by atoms with E-state index in [1.807, 2.05) is 0 Å². The van der Waals surface area contributed by atoms with Gasteiger partial charge in [0, 0.05) is 29.2 Å². The Kier molecular flexibility index (Phi) is 6.21. The lowest BCUT2D eigenvalue weighted by atomic mass is 9.89. The van der Waals surface area contributed by atoms with Gasteiger partial charge < -0.3 is 9.30 Å². The molecule has 1 aliphatic rings. The van der Waals surface area contributed by atoms with Crippen LogP contribution in [-0.4, -0.2) is 30.0 Å². The molecule has 1 unspecified atom stereocenters. The van der Waals surface area contributed by atoms with E-state index < -0.39 is 36.2 Å². The molecule has 0 saturated carbocycles. The number of carbonyl (C=O) groups is 1. The Bertz CT molecular complexity index is 1180. The van der Waals surface area contributed by atoms with E-state index in [9.17, 15) is 36.4 Å². The Hall–Kier alpha value is -3.48. The SMILES string of the molecule is COC(=O)/C(C#N)=C/c1cn(CC2=CC(C(F)(F)F)=CC(C(F)(F)F)C2)c2ccccc12. The zero-order chi connectivity index (χ0) is 23.7. The number of carbonyl (C=O) groups excluding carboxylic acids is 1. The van der Waals surface area contributed by atoms with E-state index in [0.29, 0.717) is 16.5 Å². The molecule has 1 aromatic carbocycles. The summed E-state index contributed by atoms with van der Waals surface area (Å²) in [6.07, 6.45) is -6.65. The molecule has 0 aliphatic heterocycles. The first-order chi connectivity index (χ1) is 14.9. The lowest BCUT2D eigenvalue weighted by molar-refractivity contribution is -0.162. The van der Waals surface area contributed by atoms with E-state index >= 15 is 0 Å². The van der Waals surface area contributed by atoms with E-state index in [1.54, 1.807) is 30.3 Å². The Labute approximate surface area is 178 Å². The zero-order valence-corrected chi connectivity index (χ0v) is 16.6. The second-order valence-electron chi connectivity index (χ2n) is 7.17. The molecule has 168 valence electrons. The molecule has 1 atom stereocenters. The monoisotopic (exact) mass is 454 g/mol. The number of alkyl halides is 6. The summed E-state index contributed by atoms with van der Waals surface area (Å²) in [5, 5.41) is 9.75. The number of rotatable bonds is 4. The van der Waals surface area contributed by atoms with Crippen LogP contribution in [0, 0.1) is 17.2 Å². The van der Waals surface area contributed by atoms with Crippen molar-refractivity contribution in [2.24, 2.45) is 5.92 Å². The van der Waals surface area contributed by atoms with Crippen LogP contribution in [-0.2, 0) is 16.1 Å². The second-order valence-corrected chi connectivity index (χ2v) is 7.17. The minimum Gasteiger partial charge on any atom is -0.465 e. The fourth-order valence-electron chi connectivity index (χ4n) is 3.52. The van der Waals surface area contributed by atoms with Gasteiger partial charge in [0.05, 0.1) is 18.6 Å². The van der Waals surface area contributed by atoms with Crippen LogP contribution >= 0.6 is 0 Å². The molecule has 0 spiro atoms. The van der Waals surface area contributed by atoms with Crippen LogP contribution in [0.2, 0.25) is 0 Å². The van der Waals surface area contributed by atoms with Gasteiger partial charge in [-0.05, 0) is 30.2 Å². The van der Waals surface area contributed by atoms with Crippen molar-refractivity contribution in [1.29, 1.82) is 5.26 Å². The smallest absolute Gasteiger partial charge is 0.416 e. The molecular weight excluding hydrogens is 438 g/mol. The molecule has 0 N–H and O–H groups in total. The Morgan fingerprint density at radius 3 is 2.53 bits per heavy atom. The Balaban J connectivity index is 2.05. The molecule has 3 rings (SSSR count). The van der Waals surface area contributed by atoms with Crippen LogP contribution in [0.4, 0.5) is 26.3 Å². The highest BCUT2D eigenvalue weighted by molar-refractivity contribution is 6.01. The van der Waals surface area contributed by atoms with Gasteiger partial charge in [0.1, 0.15) is 11.6 Å². The predicted molar refractivity (Wildman–Crippen MR) is 104 cm³/mol. The Morgan fingerprint density at radius 1 is 1.25 bits per heavy atom. The number of aromatic nitrogens is 1. The highest BCUT2D eigenvalue weighted by Gasteiger charge is 2.44. The normalized spacial score (nSPS) is 17.6. The van der Waals surface area contributed by atoms with Crippen molar-refractivity contribution in [1.82, 2.24) is 4.57 Å². The van der Waals surface area contributed by atoms with Crippen LogP contribution in [0.25, 0.3) is 17.0 Å². The number of benzene rings is 1. The Morgan fingerprint density at radius 2 is 1.94 bits per heavy atom. The number of fused-ring (bicyclic) bond motifs is 1. The molecule has 2 aromatic rings. The number of halogens is 6. The number of nitriles is 1. The standard InChI is InChI=1S/C22H16F6N2O2/c1-32-20(31)14(10-29)8-15-12-30(19-5-3-2-4-18(15)19)11-13-6-16(21(23,24)25)9-17(7-13)22(26,27)28/h2-6,8-9,12,17H,7,11H2,1H3/b14-8+. The van der Waals surface area contributed by atoms with Crippen molar-refractivity contribution in [2.45, 2.75) is 25.3 Å². The second kappa shape index (κ2) is 8.57. The lowest BCUT2D eigenvalue weighted by Crippen LogP contribution is -2.27. The average molecular weight is 454 g/mol. The zero-order valence-electron chi connectivity index (χ0n) is 16.6. The number of methoxy groups -OCH3 is 1. The van der Waals surface area contributed by atoms with Gasteiger partial charge in [-0.2, -0.15) is 31.6 Å². The molecule has 1 aromatic heterocycles. The first kappa shape index (κ1) is 23.2. The number of esters is 1. The summed E-state index contributed by atoms with van der Waals surface area (Å²) >= 11 is 0. The average Bonchev–Trinajstić information content (AvgIpc) is 3.07. The molecule has 32 heavy (non-hydrogen) atoms. The number of nitrogens with zero attached hydrogens (tertiary/aromatic N) is 2.